The first-order chi connectivity index (χ1) is 9.28. The van der Waals surface area contributed by atoms with Gasteiger partial charge in [0.15, 0.2) is 0 Å². The van der Waals surface area contributed by atoms with E-state index >= 15 is 0 Å². The van der Waals surface area contributed by atoms with Crippen LogP contribution in [0.25, 0.3) is 0 Å². The van der Waals surface area contributed by atoms with E-state index in [1.54, 1.807) is 0 Å². The molecule has 2 aliphatic carbocycles. The maximum Gasteiger partial charge on any atom is 0.125 e. The Kier molecular flexibility index (Phi) is 3.79. The van der Waals surface area contributed by atoms with Crippen LogP contribution in [-0.4, -0.2) is 13.2 Å². The first-order valence-corrected chi connectivity index (χ1v) is 7.69. The van der Waals surface area contributed by atoms with Crippen LogP contribution in [0, 0.1) is 24.7 Å². The number of para-hydroxylation sites is 1. The van der Waals surface area contributed by atoms with Crippen molar-refractivity contribution in [3.05, 3.63) is 29.3 Å². The van der Waals surface area contributed by atoms with Crippen molar-refractivity contribution in [3.63, 3.8) is 0 Å². The van der Waals surface area contributed by atoms with Gasteiger partial charge in [0.1, 0.15) is 5.75 Å². The number of rotatable bonds is 5. The van der Waals surface area contributed by atoms with Gasteiger partial charge in [-0.05, 0) is 68.0 Å². The van der Waals surface area contributed by atoms with Gasteiger partial charge < -0.3 is 10.5 Å². The average Bonchev–Trinajstić information content (AvgIpc) is 3.00. The summed E-state index contributed by atoms with van der Waals surface area (Å²) in [7, 11) is 0. The summed E-state index contributed by atoms with van der Waals surface area (Å²) in [4.78, 5) is 0. The van der Waals surface area contributed by atoms with E-state index in [0.717, 1.165) is 36.5 Å². The van der Waals surface area contributed by atoms with E-state index in [9.17, 15) is 0 Å². The lowest BCUT2D eigenvalue weighted by Gasteiger charge is -2.23. The summed E-state index contributed by atoms with van der Waals surface area (Å²) >= 11 is 0. The third kappa shape index (κ3) is 2.64. The standard InChI is InChI=1S/C17H25NO/c1-12-3-2-4-14(7-8-18)17(12)19-11-16-10-13-5-6-15(16)9-13/h2-4,13,15-16H,5-11,18H2,1H3. The second-order valence-corrected chi connectivity index (χ2v) is 6.35. The Morgan fingerprint density at radius 1 is 1.26 bits per heavy atom. The minimum atomic E-state index is 0.688. The molecule has 0 amide bonds. The van der Waals surface area contributed by atoms with Gasteiger partial charge in [-0.25, -0.2) is 0 Å². The largest absolute Gasteiger partial charge is 0.493 e. The summed E-state index contributed by atoms with van der Waals surface area (Å²) in [6, 6.07) is 6.39. The molecular weight excluding hydrogens is 234 g/mol. The highest BCUT2D eigenvalue weighted by molar-refractivity contribution is 5.41. The molecule has 0 saturated heterocycles. The third-order valence-electron chi connectivity index (χ3n) is 5.03. The predicted octanol–water partition coefficient (Wildman–Crippen LogP) is 3.31. The summed E-state index contributed by atoms with van der Waals surface area (Å²) in [5.41, 5.74) is 8.21. The molecule has 3 unspecified atom stereocenters. The predicted molar refractivity (Wildman–Crippen MR) is 78.4 cm³/mol. The van der Waals surface area contributed by atoms with Gasteiger partial charge in [0.25, 0.3) is 0 Å². The summed E-state index contributed by atoms with van der Waals surface area (Å²) in [5, 5.41) is 0. The highest BCUT2D eigenvalue weighted by Crippen LogP contribution is 2.48. The van der Waals surface area contributed by atoms with Crippen molar-refractivity contribution in [3.8, 4) is 5.75 Å². The molecule has 0 aliphatic heterocycles. The molecule has 0 heterocycles. The number of ether oxygens (including phenoxy) is 1. The Morgan fingerprint density at radius 2 is 2.16 bits per heavy atom. The van der Waals surface area contributed by atoms with Crippen molar-refractivity contribution >= 4 is 0 Å². The average molecular weight is 259 g/mol. The minimum Gasteiger partial charge on any atom is -0.493 e. The number of hydrogen-bond acceptors (Lipinski definition) is 2. The number of nitrogens with two attached hydrogens (primary N) is 1. The molecule has 2 saturated carbocycles. The molecule has 104 valence electrons. The zero-order chi connectivity index (χ0) is 13.2. The van der Waals surface area contributed by atoms with Gasteiger partial charge >= 0.3 is 0 Å². The van der Waals surface area contributed by atoms with E-state index in [1.165, 1.54) is 36.8 Å². The van der Waals surface area contributed by atoms with Crippen molar-refractivity contribution in [2.45, 2.75) is 39.0 Å². The van der Waals surface area contributed by atoms with E-state index in [-0.39, 0.29) is 0 Å². The van der Waals surface area contributed by atoms with Gasteiger partial charge in [0, 0.05) is 0 Å². The van der Waals surface area contributed by atoms with E-state index in [0.29, 0.717) is 6.54 Å². The van der Waals surface area contributed by atoms with Gasteiger partial charge in [-0.1, -0.05) is 24.6 Å². The lowest BCUT2D eigenvalue weighted by molar-refractivity contribution is 0.193. The minimum absolute atomic E-state index is 0.688. The topological polar surface area (TPSA) is 35.2 Å². The van der Waals surface area contributed by atoms with Crippen molar-refractivity contribution in [2.24, 2.45) is 23.5 Å². The molecule has 2 aliphatic rings. The molecule has 2 fully saturated rings. The third-order valence-corrected chi connectivity index (χ3v) is 5.03. The second-order valence-electron chi connectivity index (χ2n) is 6.35. The molecule has 0 radical (unpaired) electrons. The van der Waals surface area contributed by atoms with Crippen molar-refractivity contribution in [1.29, 1.82) is 0 Å². The van der Waals surface area contributed by atoms with Crippen LogP contribution in [0.1, 0.15) is 36.8 Å². The zero-order valence-electron chi connectivity index (χ0n) is 11.9. The first kappa shape index (κ1) is 13.0. The molecule has 2 heteroatoms. The summed E-state index contributed by atoms with van der Waals surface area (Å²) in [5.74, 6) is 3.82. The molecular formula is C17H25NO. The number of fused-ring (bicyclic) bond motifs is 2. The summed E-state index contributed by atoms with van der Waals surface area (Å²) < 4.78 is 6.20. The Hall–Kier alpha value is -1.02. The van der Waals surface area contributed by atoms with Gasteiger partial charge in [-0.3, -0.25) is 0 Å². The van der Waals surface area contributed by atoms with Gasteiger partial charge in [0.05, 0.1) is 6.61 Å². The second kappa shape index (κ2) is 5.54. The van der Waals surface area contributed by atoms with Crippen LogP contribution in [0.5, 0.6) is 5.75 Å². The van der Waals surface area contributed by atoms with Crippen LogP contribution in [-0.2, 0) is 6.42 Å². The van der Waals surface area contributed by atoms with Crippen LogP contribution in [0.4, 0.5) is 0 Å². The number of hydrogen-bond donors (Lipinski definition) is 1. The molecule has 2 bridgehead atoms. The molecule has 3 atom stereocenters. The Labute approximate surface area is 116 Å². The Morgan fingerprint density at radius 3 is 2.84 bits per heavy atom. The first-order valence-electron chi connectivity index (χ1n) is 7.69. The maximum atomic E-state index is 6.20. The van der Waals surface area contributed by atoms with Crippen LogP contribution >= 0.6 is 0 Å². The van der Waals surface area contributed by atoms with Crippen molar-refractivity contribution < 1.29 is 4.74 Å². The quantitative estimate of drug-likeness (QED) is 0.880. The Balaban J connectivity index is 1.66. The molecule has 2 nitrogen and oxygen atoms in total. The summed E-state index contributed by atoms with van der Waals surface area (Å²) in [6.45, 7) is 3.73. The van der Waals surface area contributed by atoms with Crippen LogP contribution < -0.4 is 10.5 Å². The van der Waals surface area contributed by atoms with Crippen LogP contribution in [0.15, 0.2) is 18.2 Å². The lowest BCUT2D eigenvalue weighted by Crippen LogP contribution is -2.19. The lowest BCUT2D eigenvalue weighted by atomic mass is 9.89. The fourth-order valence-electron chi connectivity index (χ4n) is 4.04. The molecule has 2 N–H and O–H groups in total. The van der Waals surface area contributed by atoms with Crippen molar-refractivity contribution in [1.82, 2.24) is 0 Å². The maximum absolute atomic E-state index is 6.20. The van der Waals surface area contributed by atoms with E-state index in [2.05, 4.69) is 25.1 Å². The smallest absolute Gasteiger partial charge is 0.125 e. The Bertz CT molecular complexity index is 443. The highest BCUT2D eigenvalue weighted by atomic mass is 16.5. The molecule has 1 aromatic rings. The SMILES string of the molecule is Cc1cccc(CCN)c1OCC1CC2CCC1C2. The molecule has 0 aromatic heterocycles. The number of aryl methyl sites for hydroxylation is 1. The molecule has 19 heavy (non-hydrogen) atoms. The van der Waals surface area contributed by atoms with Gasteiger partial charge in [0.2, 0.25) is 0 Å². The van der Waals surface area contributed by atoms with Gasteiger partial charge in [-0.2, -0.15) is 0 Å². The van der Waals surface area contributed by atoms with Crippen LogP contribution in [0.2, 0.25) is 0 Å². The van der Waals surface area contributed by atoms with E-state index in [1.807, 2.05) is 0 Å². The monoisotopic (exact) mass is 259 g/mol. The fourth-order valence-corrected chi connectivity index (χ4v) is 4.04. The fraction of sp³-hybridized carbons (Fsp3) is 0.647. The molecule has 0 spiro atoms. The van der Waals surface area contributed by atoms with Crippen LogP contribution in [0.3, 0.4) is 0 Å². The van der Waals surface area contributed by atoms with Crippen molar-refractivity contribution in [2.75, 3.05) is 13.2 Å². The molecule has 3 rings (SSSR count). The zero-order valence-corrected chi connectivity index (χ0v) is 11.9. The summed E-state index contributed by atoms with van der Waals surface area (Å²) in [6.07, 6.45) is 6.65. The molecule has 1 aromatic carbocycles. The normalized spacial score (nSPS) is 28.8. The van der Waals surface area contributed by atoms with Gasteiger partial charge in [-0.15, -0.1) is 0 Å². The van der Waals surface area contributed by atoms with E-state index in [4.69, 9.17) is 10.5 Å². The number of benzene rings is 1. The highest BCUT2D eigenvalue weighted by Gasteiger charge is 2.39. The van der Waals surface area contributed by atoms with E-state index < -0.39 is 0 Å².